The lowest BCUT2D eigenvalue weighted by Gasteiger charge is -2.37. The highest BCUT2D eigenvalue weighted by atomic mass is 35.5. The number of hydrogen-bond donors (Lipinski definition) is 0. The third-order valence-electron chi connectivity index (χ3n) is 3.96. The van der Waals surface area contributed by atoms with Gasteiger partial charge in [-0.05, 0) is 32.1 Å². The van der Waals surface area contributed by atoms with Gasteiger partial charge in [0.1, 0.15) is 0 Å². The molecule has 2 bridgehead atoms. The van der Waals surface area contributed by atoms with Crippen molar-refractivity contribution in [3.8, 4) is 0 Å². The Balaban J connectivity index is 1.87. The second-order valence-corrected chi connectivity index (χ2v) is 5.83. The number of halogens is 1. The lowest BCUT2D eigenvalue weighted by molar-refractivity contribution is -0.135. The van der Waals surface area contributed by atoms with Crippen molar-refractivity contribution in [2.45, 2.75) is 75.8 Å². The Morgan fingerprint density at radius 3 is 2.44 bits per heavy atom. The van der Waals surface area contributed by atoms with E-state index in [-0.39, 0.29) is 0 Å². The summed E-state index contributed by atoms with van der Waals surface area (Å²) in [7, 11) is 0. The first-order valence-electron chi connectivity index (χ1n) is 6.67. The third kappa shape index (κ3) is 2.53. The molecule has 2 fully saturated rings. The summed E-state index contributed by atoms with van der Waals surface area (Å²) in [5.41, 5.74) is 0. The Labute approximate surface area is 103 Å². The third-order valence-corrected chi connectivity index (χ3v) is 4.31. The van der Waals surface area contributed by atoms with E-state index in [0.717, 1.165) is 25.7 Å². The summed E-state index contributed by atoms with van der Waals surface area (Å²) in [5.74, 6) is 0.379. The van der Waals surface area contributed by atoms with Gasteiger partial charge in [0.15, 0.2) is 0 Å². The smallest absolute Gasteiger partial charge is 0.223 e. The predicted molar refractivity (Wildman–Crippen MR) is 66.7 cm³/mol. The molecule has 0 aromatic carbocycles. The summed E-state index contributed by atoms with van der Waals surface area (Å²) in [4.78, 5) is 14.3. The van der Waals surface area contributed by atoms with Crippen molar-refractivity contribution in [2.24, 2.45) is 0 Å². The largest absolute Gasteiger partial charge is 0.337 e. The lowest BCUT2D eigenvalue weighted by atomic mass is 10.0. The second-order valence-electron chi connectivity index (χ2n) is 5.21. The molecule has 92 valence electrons. The zero-order valence-electron chi connectivity index (χ0n) is 10.1. The van der Waals surface area contributed by atoms with E-state index >= 15 is 0 Å². The minimum atomic E-state index is 0.303. The van der Waals surface area contributed by atoms with Gasteiger partial charge < -0.3 is 4.90 Å². The van der Waals surface area contributed by atoms with E-state index in [9.17, 15) is 4.79 Å². The Hall–Kier alpha value is -0.240. The van der Waals surface area contributed by atoms with E-state index in [0.29, 0.717) is 23.4 Å². The van der Waals surface area contributed by atoms with Gasteiger partial charge >= 0.3 is 0 Å². The van der Waals surface area contributed by atoms with Crippen LogP contribution in [0.25, 0.3) is 0 Å². The van der Waals surface area contributed by atoms with Crippen LogP contribution < -0.4 is 0 Å². The first-order chi connectivity index (χ1) is 7.72. The summed E-state index contributed by atoms with van der Waals surface area (Å²) in [6.07, 6.45) is 8.52. The molecule has 0 N–H and O–H groups in total. The molecular formula is C13H22ClNO. The van der Waals surface area contributed by atoms with Crippen molar-refractivity contribution in [3.05, 3.63) is 0 Å². The quantitative estimate of drug-likeness (QED) is 0.548. The number of amides is 1. The van der Waals surface area contributed by atoms with Gasteiger partial charge in [0, 0.05) is 23.9 Å². The van der Waals surface area contributed by atoms with Gasteiger partial charge in [-0.15, -0.1) is 11.6 Å². The number of nitrogens with zero attached hydrogens (tertiary/aromatic N) is 1. The molecule has 0 saturated carbocycles. The molecule has 16 heavy (non-hydrogen) atoms. The first kappa shape index (κ1) is 12.2. The number of hydrogen-bond acceptors (Lipinski definition) is 1. The molecule has 2 rings (SSSR count). The Bertz CT molecular complexity index is 242. The Morgan fingerprint density at radius 2 is 1.88 bits per heavy atom. The van der Waals surface area contributed by atoms with E-state index < -0.39 is 0 Å². The fourth-order valence-corrected chi connectivity index (χ4v) is 3.58. The van der Waals surface area contributed by atoms with E-state index in [1.165, 1.54) is 25.7 Å². The summed E-state index contributed by atoms with van der Waals surface area (Å²) in [6.45, 7) is 2.17. The predicted octanol–water partition coefficient (Wildman–Crippen LogP) is 3.33. The summed E-state index contributed by atoms with van der Waals surface area (Å²) < 4.78 is 0. The van der Waals surface area contributed by atoms with E-state index in [1.54, 1.807) is 0 Å². The molecule has 3 heteroatoms. The standard InChI is InChI=1S/C13H22ClNO/c1-2-3-4-5-13(16)15-11-6-7-12(15)9-10(14)8-11/h10-12H,2-9H2,1H3. The van der Waals surface area contributed by atoms with Gasteiger partial charge in [-0.1, -0.05) is 19.8 Å². The van der Waals surface area contributed by atoms with Crippen molar-refractivity contribution in [1.29, 1.82) is 0 Å². The van der Waals surface area contributed by atoms with E-state index in [1.807, 2.05) is 0 Å². The van der Waals surface area contributed by atoms with Crippen LogP contribution in [0, 0.1) is 0 Å². The molecule has 0 spiro atoms. The zero-order chi connectivity index (χ0) is 11.5. The highest BCUT2D eigenvalue weighted by Crippen LogP contribution is 2.38. The summed E-state index contributed by atoms with van der Waals surface area (Å²) >= 11 is 6.21. The molecule has 2 unspecified atom stereocenters. The van der Waals surface area contributed by atoms with Crippen molar-refractivity contribution < 1.29 is 4.79 Å². The van der Waals surface area contributed by atoms with Crippen LogP contribution in [0.3, 0.4) is 0 Å². The molecule has 1 amide bonds. The van der Waals surface area contributed by atoms with E-state index in [4.69, 9.17) is 11.6 Å². The Morgan fingerprint density at radius 1 is 1.25 bits per heavy atom. The normalized spacial score (nSPS) is 33.1. The molecule has 0 aromatic heterocycles. The molecule has 2 saturated heterocycles. The number of rotatable bonds is 4. The maximum Gasteiger partial charge on any atom is 0.223 e. The number of unbranched alkanes of at least 4 members (excludes halogenated alkanes) is 2. The second kappa shape index (κ2) is 5.39. The maximum atomic E-state index is 12.1. The number of fused-ring (bicyclic) bond motifs is 2. The molecule has 2 heterocycles. The lowest BCUT2D eigenvalue weighted by Crippen LogP contribution is -2.46. The highest BCUT2D eigenvalue weighted by Gasteiger charge is 2.42. The SMILES string of the molecule is CCCCCC(=O)N1C2CCC1CC(Cl)C2. The van der Waals surface area contributed by atoms with Crippen molar-refractivity contribution in [3.63, 3.8) is 0 Å². The topological polar surface area (TPSA) is 20.3 Å². The molecule has 0 aliphatic carbocycles. The van der Waals surface area contributed by atoms with Crippen molar-refractivity contribution in [1.82, 2.24) is 4.90 Å². The van der Waals surface area contributed by atoms with Crippen LogP contribution >= 0.6 is 11.6 Å². The fraction of sp³-hybridized carbons (Fsp3) is 0.923. The van der Waals surface area contributed by atoms with Gasteiger partial charge in [-0.25, -0.2) is 0 Å². The number of carbonyl (C=O) groups is 1. The monoisotopic (exact) mass is 243 g/mol. The molecule has 0 radical (unpaired) electrons. The van der Waals surface area contributed by atoms with Crippen molar-refractivity contribution >= 4 is 17.5 Å². The first-order valence-corrected chi connectivity index (χ1v) is 7.11. The maximum absolute atomic E-state index is 12.1. The van der Waals surface area contributed by atoms with Crippen LogP contribution in [0.1, 0.15) is 58.3 Å². The molecule has 2 nitrogen and oxygen atoms in total. The zero-order valence-corrected chi connectivity index (χ0v) is 10.9. The highest BCUT2D eigenvalue weighted by molar-refractivity contribution is 6.20. The summed E-state index contributed by atoms with van der Waals surface area (Å²) in [5, 5.41) is 0.303. The molecule has 2 aliphatic heterocycles. The van der Waals surface area contributed by atoms with Gasteiger partial charge in [0.05, 0.1) is 0 Å². The Kier molecular flexibility index (Phi) is 4.12. The molecular weight excluding hydrogens is 222 g/mol. The minimum absolute atomic E-state index is 0.303. The van der Waals surface area contributed by atoms with Crippen LogP contribution in [-0.2, 0) is 4.79 Å². The average molecular weight is 244 g/mol. The number of alkyl halides is 1. The number of carbonyl (C=O) groups excluding carboxylic acids is 1. The van der Waals surface area contributed by atoms with Crippen molar-refractivity contribution in [2.75, 3.05) is 0 Å². The van der Waals surface area contributed by atoms with E-state index in [2.05, 4.69) is 11.8 Å². The van der Waals surface area contributed by atoms with Gasteiger partial charge in [-0.2, -0.15) is 0 Å². The van der Waals surface area contributed by atoms with Crippen LogP contribution in [0.15, 0.2) is 0 Å². The molecule has 2 aliphatic rings. The van der Waals surface area contributed by atoms with Gasteiger partial charge in [-0.3, -0.25) is 4.79 Å². The van der Waals surface area contributed by atoms with Crippen LogP contribution in [0.2, 0.25) is 0 Å². The van der Waals surface area contributed by atoms with Gasteiger partial charge in [0.2, 0.25) is 5.91 Å². The average Bonchev–Trinajstić information content (AvgIpc) is 2.52. The summed E-state index contributed by atoms with van der Waals surface area (Å²) in [6, 6.07) is 0.908. The van der Waals surface area contributed by atoms with Gasteiger partial charge in [0.25, 0.3) is 0 Å². The van der Waals surface area contributed by atoms with Crippen LogP contribution in [-0.4, -0.2) is 28.3 Å². The van der Waals surface area contributed by atoms with Crippen LogP contribution in [0.5, 0.6) is 0 Å². The fourth-order valence-electron chi connectivity index (χ4n) is 3.17. The molecule has 2 atom stereocenters. The minimum Gasteiger partial charge on any atom is -0.337 e. The molecule has 0 aromatic rings. The van der Waals surface area contributed by atoms with Crippen LogP contribution in [0.4, 0.5) is 0 Å². The number of piperidine rings is 1.